The third-order valence-corrected chi connectivity index (χ3v) is 8.69. The van der Waals surface area contributed by atoms with Gasteiger partial charge in [0.2, 0.25) is 0 Å². The van der Waals surface area contributed by atoms with E-state index in [-0.39, 0.29) is 24.8 Å². The summed E-state index contributed by atoms with van der Waals surface area (Å²) in [6.07, 6.45) is 0. The van der Waals surface area contributed by atoms with E-state index in [1.807, 2.05) is 0 Å². The zero-order valence-electron chi connectivity index (χ0n) is 18.3. The Morgan fingerprint density at radius 3 is 1.58 bits per heavy atom. The van der Waals surface area contributed by atoms with Gasteiger partial charge in [-0.2, -0.15) is 0 Å². The van der Waals surface area contributed by atoms with Crippen molar-refractivity contribution in [2.45, 2.75) is 13.8 Å². The molecule has 4 aromatic carbocycles. The van der Waals surface area contributed by atoms with Crippen LogP contribution in [0, 0.1) is 13.8 Å². The van der Waals surface area contributed by atoms with Crippen molar-refractivity contribution >= 4 is 62.0 Å². The summed E-state index contributed by atoms with van der Waals surface area (Å²) in [6.45, 7) is 4.26. The van der Waals surface area contributed by atoms with Crippen LogP contribution >= 0.6 is 36.2 Å². The molecule has 0 saturated carbocycles. The Labute approximate surface area is 217 Å². The van der Waals surface area contributed by atoms with E-state index >= 15 is 0 Å². The van der Waals surface area contributed by atoms with Crippen LogP contribution in [-0.4, -0.2) is 4.31 Å². The molecule has 5 rings (SSSR count). The number of aryl methyl sites for hydroxylation is 2. The van der Waals surface area contributed by atoms with Gasteiger partial charge in [-0.15, -0.1) is 24.8 Å². The zero-order chi connectivity index (χ0) is 21.2. The van der Waals surface area contributed by atoms with Crippen molar-refractivity contribution in [3.05, 3.63) is 106 Å². The van der Waals surface area contributed by atoms with E-state index < -0.39 is 18.2 Å². The Hall–Kier alpha value is -2.14. The second kappa shape index (κ2) is 11.3. The minimum atomic E-state index is -2.59. The average Bonchev–Trinajstić information content (AvgIpc) is 3.27. The summed E-state index contributed by atoms with van der Waals surface area (Å²) in [6, 6.07) is 29.4. The summed E-state index contributed by atoms with van der Waals surface area (Å²) in [5.41, 5.74) is 2.42. The minimum Gasteiger partial charge on any atom is -0.147 e. The summed E-state index contributed by atoms with van der Waals surface area (Å²) in [4.78, 5) is 1.18. The van der Waals surface area contributed by atoms with Crippen LogP contribution in [-0.2, 0) is 18.2 Å². The molecule has 5 aromatic rings. The average molecular weight is 531 g/mol. The van der Waals surface area contributed by atoms with Crippen LogP contribution in [0.3, 0.4) is 0 Å². The van der Waals surface area contributed by atoms with Crippen molar-refractivity contribution in [2.75, 3.05) is 0 Å². The molecule has 1 aromatic heterocycles. The second-order valence-electron chi connectivity index (χ2n) is 7.54. The fraction of sp³-hybridized carbons (Fsp3) is 0.0741. The summed E-state index contributed by atoms with van der Waals surface area (Å²) < 4.78 is 15.5. The Bertz CT molecular complexity index is 1320. The van der Waals surface area contributed by atoms with Crippen molar-refractivity contribution < 1.29 is 24.8 Å². The van der Waals surface area contributed by atoms with Gasteiger partial charge in [0.1, 0.15) is 0 Å². The molecule has 0 N–H and O–H groups in total. The molecule has 0 aliphatic carbocycles. The van der Waals surface area contributed by atoms with E-state index in [0.717, 1.165) is 22.3 Å². The molecule has 6 heteroatoms. The number of hydrogen-bond donors (Lipinski definition) is 0. The van der Waals surface area contributed by atoms with Crippen LogP contribution in [0.4, 0.5) is 0 Å². The summed E-state index contributed by atoms with van der Waals surface area (Å²) >= 11 is -0.877. The molecule has 0 radical (unpaired) electrons. The van der Waals surface area contributed by atoms with E-state index in [4.69, 9.17) is 6.64 Å². The van der Waals surface area contributed by atoms with Crippen LogP contribution < -0.4 is 6.64 Å². The third-order valence-electron chi connectivity index (χ3n) is 5.37. The van der Waals surface area contributed by atoms with Gasteiger partial charge in [0, 0.05) is 0 Å². The number of halogens is 2. The first-order chi connectivity index (χ1) is 15.2. The van der Waals surface area contributed by atoms with Gasteiger partial charge in [-0.3, -0.25) is 0 Å². The molecule has 0 aliphatic heterocycles. The first kappa shape index (κ1) is 25.5. The van der Waals surface area contributed by atoms with E-state index in [1.54, 1.807) is 11.3 Å². The Morgan fingerprint density at radius 1 is 0.636 bits per heavy atom. The Balaban J connectivity index is 0.00000153. The van der Waals surface area contributed by atoms with Crippen LogP contribution in [0.25, 0.3) is 21.5 Å². The molecule has 2 nitrogen and oxygen atoms in total. The van der Waals surface area contributed by atoms with Crippen LogP contribution in [0.1, 0.15) is 16.0 Å². The maximum atomic E-state index is 6.67. The smallest absolute Gasteiger partial charge is 0.147 e. The molecule has 0 saturated heterocycles. The molecule has 0 atom stereocenters. The molecule has 0 amide bonds. The van der Waals surface area contributed by atoms with E-state index in [2.05, 4.69) is 108 Å². The molecule has 0 unspecified atom stereocenters. The van der Waals surface area contributed by atoms with Crippen molar-refractivity contribution in [1.29, 1.82) is 0 Å². The Morgan fingerprint density at radius 2 is 1.12 bits per heavy atom. The fourth-order valence-electron chi connectivity index (χ4n) is 3.93. The van der Waals surface area contributed by atoms with Crippen LogP contribution in [0.15, 0.2) is 90.3 Å². The molecule has 33 heavy (non-hydrogen) atoms. The maximum Gasteiger partial charge on any atom is -0.147 e. The number of benzene rings is 4. The van der Waals surface area contributed by atoms with Gasteiger partial charge in [-0.25, -0.2) is 0 Å². The molecular weight excluding hydrogens is 507 g/mol. The molecule has 0 fully saturated rings. The molecule has 0 spiro atoms. The predicted molar refractivity (Wildman–Crippen MR) is 143 cm³/mol. The second-order valence-corrected chi connectivity index (χ2v) is 10.6. The maximum absolute atomic E-state index is 6.67. The number of rotatable bonds is 5. The first-order valence-corrected chi connectivity index (χ1v) is 13.3. The molecular formula is C27H24Cl2O2STi. The topological polar surface area (TPSA) is 18.5 Å². The van der Waals surface area contributed by atoms with E-state index in [9.17, 15) is 0 Å². The normalized spacial score (nSPS) is 10.2. The van der Waals surface area contributed by atoms with E-state index in [0.29, 0.717) is 0 Å². The quantitative estimate of drug-likeness (QED) is 0.213. The Kier molecular flexibility index (Phi) is 8.75. The van der Waals surface area contributed by atoms with Gasteiger partial charge in [0.25, 0.3) is 0 Å². The van der Waals surface area contributed by atoms with Gasteiger partial charge >= 0.3 is 194 Å². The number of thiophene rings is 1. The van der Waals surface area contributed by atoms with Crippen molar-refractivity contribution in [3.8, 4) is 11.5 Å². The van der Waals surface area contributed by atoms with Crippen LogP contribution in [0.5, 0.6) is 11.5 Å². The van der Waals surface area contributed by atoms with Crippen molar-refractivity contribution in [3.63, 3.8) is 0 Å². The standard InChI is InChI=1S/2C11H10O.C5H4S.2ClH.Ti/c2*1-8-4-2-5-9-6-3-7-10(12)11(8)9;1-5-3-2-4-6-5;;;/h2*2-7,12H,1H3;1-4H;2*1H;/q;;;;;+2/p-2. The van der Waals surface area contributed by atoms with Crippen molar-refractivity contribution in [1.82, 2.24) is 0 Å². The van der Waals surface area contributed by atoms with Gasteiger partial charge < -0.3 is 0 Å². The minimum absolute atomic E-state index is 0. The van der Waals surface area contributed by atoms with Gasteiger partial charge in [-0.05, 0) is 0 Å². The third kappa shape index (κ3) is 5.51. The summed E-state index contributed by atoms with van der Waals surface area (Å²) in [5, 5.41) is 6.78. The SMILES string of the molecule is Cc1cccc2cccc([O][Ti](=[CH]c3cccs3)[O]c3cccc4cccc(C)c34)c12.Cl.Cl. The zero-order valence-corrected chi connectivity index (χ0v) is 22.3. The summed E-state index contributed by atoms with van der Waals surface area (Å²) in [7, 11) is 0. The number of hydrogen-bond acceptors (Lipinski definition) is 3. The summed E-state index contributed by atoms with van der Waals surface area (Å²) in [5.74, 6) is 1.80. The monoisotopic (exact) mass is 530 g/mol. The van der Waals surface area contributed by atoms with Crippen LogP contribution in [0.2, 0.25) is 0 Å². The van der Waals surface area contributed by atoms with Gasteiger partial charge in [0.15, 0.2) is 0 Å². The fourth-order valence-corrected chi connectivity index (χ4v) is 7.16. The molecule has 0 bridgehead atoms. The predicted octanol–water partition coefficient (Wildman–Crippen LogP) is 8.27. The molecule has 1 heterocycles. The van der Waals surface area contributed by atoms with E-state index in [1.165, 1.54) is 26.8 Å². The largest absolute Gasteiger partial charge is 0.147 e. The first-order valence-electron chi connectivity index (χ1n) is 10.3. The molecule has 168 valence electrons. The number of fused-ring (bicyclic) bond motifs is 2. The van der Waals surface area contributed by atoms with Gasteiger partial charge in [0.05, 0.1) is 0 Å². The molecule has 0 aliphatic rings. The van der Waals surface area contributed by atoms with Crippen molar-refractivity contribution in [2.24, 2.45) is 0 Å². The van der Waals surface area contributed by atoms with Gasteiger partial charge in [-0.1, -0.05) is 0 Å².